The van der Waals surface area contributed by atoms with Crippen LogP contribution in [0.15, 0.2) is 84.9 Å². The molecule has 34 heavy (non-hydrogen) atoms. The Labute approximate surface area is 192 Å². The smallest absolute Gasteiger partial charge is 0.381 e. The second-order valence-electron chi connectivity index (χ2n) is 7.00. The fourth-order valence-corrected chi connectivity index (χ4v) is 3.05. The van der Waals surface area contributed by atoms with Crippen molar-refractivity contribution in [3.8, 4) is 34.3 Å². The van der Waals surface area contributed by atoms with E-state index in [2.05, 4.69) is 30.4 Å². The molecule has 0 aliphatic heterocycles. The summed E-state index contributed by atoms with van der Waals surface area (Å²) in [7, 11) is 0. The molecule has 5 aromatic rings. The molecule has 0 fully saturated rings. The van der Waals surface area contributed by atoms with Crippen LogP contribution in [0.4, 0.5) is 0 Å². The summed E-state index contributed by atoms with van der Waals surface area (Å²) >= 11 is 0. The number of benzene rings is 3. The highest BCUT2D eigenvalue weighted by atomic mass is 16.5. The molecule has 10 heteroatoms. The maximum atomic E-state index is 12.5. The molecular formula is C24H16N6O4. The van der Waals surface area contributed by atoms with Gasteiger partial charge in [0.15, 0.2) is 11.6 Å². The molecule has 5 rings (SSSR count). The van der Waals surface area contributed by atoms with Crippen molar-refractivity contribution in [2.24, 2.45) is 0 Å². The van der Waals surface area contributed by atoms with Crippen molar-refractivity contribution < 1.29 is 19.1 Å². The lowest BCUT2D eigenvalue weighted by Crippen LogP contribution is -2.12. The van der Waals surface area contributed by atoms with Gasteiger partial charge in [-0.05, 0) is 12.1 Å². The molecule has 0 saturated heterocycles. The Kier molecular flexibility index (Phi) is 5.60. The topological polar surface area (TPSA) is 136 Å². The van der Waals surface area contributed by atoms with Crippen LogP contribution in [0.3, 0.4) is 0 Å². The number of nitrogens with one attached hydrogen (secondary N) is 2. The van der Waals surface area contributed by atoms with Gasteiger partial charge in [0.25, 0.3) is 0 Å². The van der Waals surface area contributed by atoms with E-state index < -0.39 is 11.9 Å². The molecule has 0 bridgehead atoms. The largest absolute Gasteiger partial charge is 0.421 e. The molecule has 0 unspecified atom stereocenters. The van der Waals surface area contributed by atoms with Crippen LogP contribution < -0.4 is 9.47 Å². The molecule has 0 radical (unpaired) electrons. The van der Waals surface area contributed by atoms with E-state index in [9.17, 15) is 9.59 Å². The van der Waals surface area contributed by atoms with E-state index in [1.165, 1.54) is 6.07 Å². The van der Waals surface area contributed by atoms with Gasteiger partial charge in [0, 0.05) is 17.2 Å². The van der Waals surface area contributed by atoms with E-state index in [1.54, 1.807) is 18.2 Å². The summed E-state index contributed by atoms with van der Waals surface area (Å²) in [6.45, 7) is 0. The second-order valence-corrected chi connectivity index (χ2v) is 7.00. The molecule has 0 aliphatic carbocycles. The average Bonchev–Trinajstić information content (AvgIpc) is 3.56. The number of hydrogen-bond acceptors (Lipinski definition) is 8. The minimum atomic E-state index is -0.735. The third-order valence-corrected chi connectivity index (χ3v) is 4.65. The van der Waals surface area contributed by atoms with E-state index in [0.717, 1.165) is 11.1 Å². The van der Waals surface area contributed by atoms with Gasteiger partial charge in [0.05, 0.1) is 0 Å². The van der Waals surface area contributed by atoms with Crippen LogP contribution >= 0.6 is 0 Å². The van der Waals surface area contributed by atoms with E-state index >= 15 is 0 Å². The van der Waals surface area contributed by atoms with Crippen molar-refractivity contribution in [3.05, 3.63) is 96.6 Å². The Morgan fingerprint density at radius 2 is 1.03 bits per heavy atom. The molecule has 10 nitrogen and oxygen atoms in total. The SMILES string of the molecule is O=C(Oc1cccc(OC(=O)c2nc(-c3ccccc3)n[nH]2)c1)c1nc(-c2ccccc2)n[nH]1. The molecule has 0 aliphatic rings. The van der Waals surface area contributed by atoms with Gasteiger partial charge >= 0.3 is 11.9 Å². The highest BCUT2D eigenvalue weighted by Crippen LogP contribution is 2.22. The first-order valence-electron chi connectivity index (χ1n) is 10.2. The molecule has 2 aromatic heterocycles. The predicted molar refractivity (Wildman–Crippen MR) is 120 cm³/mol. The first kappa shape index (κ1) is 20.8. The number of ether oxygens (including phenoxy) is 2. The summed E-state index contributed by atoms with van der Waals surface area (Å²) in [5, 5.41) is 13.2. The summed E-state index contributed by atoms with van der Waals surface area (Å²) in [6.07, 6.45) is 0. The number of rotatable bonds is 6. The Hall–Kier alpha value is -5.12. The van der Waals surface area contributed by atoms with Crippen molar-refractivity contribution in [2.45, 2.75) is 0 Å². The minimum Gasteiger partial charge on any atom is -0.421 e. The molecule has 0 saturated carbocycles. The first-order chi connectivity index (χ1) is 16.7. The van der Waals surface area contributed by atoms with Crippen molar-refractivity contribution in [3.63, 3.8) is 0 Å². The minimum absolute atomic E-state index is 0.0589. The number of aromatic amines is 2. The molecule has 3 aromatic carbocycles. The lowest BCUT2D eigenvalue weighted by atomic mass is 10.2. The monoisotopic (exact) mass is 452 g/mol. The van der Waals surface area contributed by atoms with E-state index in [0.29, 0.717) is 11.6 Å². The Morgan fingerprint density at radius 3 is 1.47 bits per heavy atom. The van der Waals surface area contributed by atoms with Gasteiger partial charge in [0.1, 0.15) is 11.5 Å². The summed E-state index contributed by atoms with van der Waals surface area (Å²) < 4.78 is 10.7. The molecule has 2 heterocycles. The highest BCUT2D eigenvalue weighted by Gasteiger charge is 2.18. The third-order valence-electron chi connectivity index (χ3n) is 4.65. The highest BCUT2D eigenvalue weighted by molar-refractivity contribution is 5.88. The van der Waals surface area contributed by atoms with E-state index in [1.807, 2.05) is 60.7 Å². The molecule has 2 N–H and O–H groups in total. The van der Waals surface area contributed by atoms with E-state index in [4.69, 9.17) is 9.47 Å². The quantitative estimate of drug-likeness (QED) is 0.294. The van der Waals surface area contributed by atoms with Crippen LogP contribution in [-0.2, 0) is 0 Å². The summed E-state index contributed by atoms with van der Waals surface area (Å²) in [6, 6.07) is 24.5. The molecule has 0 spiro atoms. The van der Waals surface area contributed by atoms with Gasteiger partial charge in [-0.1, -0.05) is 66.7 Å². The Morgan fingerprint density at radius 1 is 0.588 bits per heavy atom. The van der Waals surface area contributed by atoms with Crippen molar-refractivity contribution in [2.75, 3.05) is 0 Å². The number of esters is 2. The standard InChI is InChI=1S/C24H16N6O4/c31-23(21-25-19(27-29-21)15-8-3-1-4-9-15)33-17-12-7-13-18(14-17)34-24(32)22-26-20(28-30-22)16-10-5-2-6-11-16/h1-14H,(H,25,27,29)(H,26,28,30). The van der Waals surface area contributed by atoms with Gasteiger partial charge in [0.2, 0.25) is 11.6 Å². The normalized spacial score (nSPS) is 10.6. The molecular weight excluding hydrogens is 436 g/mol. The van der Waals surface area contributed by atoms with Crippen LogP contribution in [-0.4, -0.2) is 42.3 Å². The molecule has 166 valence electrons. The lowest BCUT2D eigenvalue weighted by Gasteiger charge is -2.05. The van der Waals surface area contributed by atoms with Crippen molar-refractivity contribution >= 4 is 11.9 Å². The van der Waals surface area contributed by atoms with Crippen LogP contribution in [0.25, 0.3) is 22.8 Å². The Balaban J connectivity index is 1.25. The second kappa shape index (κ2) is 9.17. The summed E-state index contributed by atoms with van der Waals surface area (Å²) in [5.74, 6) is -0.519. The average molecular weight is 452 g/mol. The molecule has 0 amide bonds. The number of aromatic nitrogens is 6. The van der Waals surface area contributed by atoms with Crippen LogP contribution in [0, 0.1) is 0 Å². The number of carbonyl (C=O) groups excluding carboxylic acids is 2. The number of nitrogens with zero attached hydrogens (tertiary/aromatic N) is 4. The molecule has 0 atom stereocenters. The maximum absolute atomic E-state index is 12.5. The fraction of sp³-hybridized carbons (Fsp3) is 0. The number of H-pyrrole nitrogens is 2. The van der Waals surface area contributed by atoms with Crippen LogP contribution in [0.2, 0.25) is 0 Å². The summed E-state index contributed by atoms with van der Waals surface area (Å²) in [5.41, 5.74) is 1.52. The zero-order chi connectivity index (χ0) is 23.3. The fourth-order valence-electron chi connectivity index (χ4n) is 3.05. The van der Waals surface area contributed by atoms with Gasteiger partial charge in [-0.3, -0.25) is 10.2 Å². The third kappa shape index (κ3) is 4.55. The van der Waals surface area contributed by atoms with Crippen molar-refractivity contribution in [1.29, 1.82) is 0 Å². The van der Waals surface area contributed by atoms with Gasteiger partial charge < -0.3 is 9.47 Å². The number of carbonyl (C=O) groups is 2. The Bertz CT molecular complexity index is 1340. The zero-order valence-electron chi connectivity index (χ0n) is 17.5. The van der Waals surface area contributed by atoms with Crippen molar-refractivity contribution in [1.82, 2.24) is 30.4 Å². The van der Waals surface area contributed by atoms with Crippen LogP contribution in [0.1, 0.15) is 21.2 Å². The van der Waals surface area contributed by atoms with Crippen LogP contribution in [0.5, 0.6) is 11.5 Å². The zero-order valence-corrected chi connectivity index (χ0v) is 17.5. The lowest BCUT2D eigenvalue weighted by molar-refractivity contribution is 0.0720. The van der Waals surface area contributed by atoms with E-state index in [-0.39, 0.29) is 23.1 Å². The van der Waals surface area contributed by atoms with Gasteiger partial charge in [-0.25, -0.2) is 19.6 Å². The van der Waals surface area contributed by atoms with Gasteiger partial charge in [-0.15, -0.1) is 0 Å². The van der Waals surface area contributed by atoms with Gasteiger partial charge in [-0.2, -0.15) is 10.2 Å². The number of hydrogen-bond donors (Lipinski definition) is 2. The first-order valence-corrected chi connectivity index (χ1v) is 10.2. The predicted octanol–water partition coefficient (Wildman–Crippen LogP) is 3.70. The maximum Gasteiger partial charge on any atom is 0.381 e. The summed E-state index contributed by atoms with van der Waals surface area (Å²) in [4.78, 5) is 33.3.